The second kappa shape index (κ2) is 7.31. The van der Waals surface area contributed by atoms with Gasteiger partial charge in [0.15, 0.2) is 0 Å². The van der Waals surface area contributed by atoms with E-state index in [2.05, 4.69) is 32.2 Å². The lowest BCUT2D eigenvalue weighted by molar-refractivity contribution is 0.368. The smallest absolute Gasteiger partial charge is 0.0931 e. The maximum Gasteiger partial charge on any atom is 0.0931 e. The van der Waals surface area contributed by atoms with Gasteiger partial charge < -0.3 is 5.32 Å². The molecular weight excluding hydrogens is 238 g/mol. The normalized spacial score (nSPS) is 15.0. The minimum atomic E-state index is 0.470. The van der Waals surface area contributed by atoms with Gasteiger partial charge in [0, 0.05) is 10.9 Å². The first-order valence-corrected chi connectivity index (χ1v) is 7.37. The largest absolute Gasteiger partial charge is 0.309 e. The Morgan fingerprint density at radius 2 is 2.06 bits per heavy atom. The summed E-state index contributed by atoms with van der Waals surface area (Å²) in [5.74, 6) is 0.672. The molecule has 0 aliphatic heterocycles. The van der Waals surface area contributed by atoms with Gasteiger partial charge in [0.05, 0.1) is 4.34 Å². The summed E-state index contributed by atoms with van der Waals surface area (Å²) >= 11 is 7.71. The van der Waals surface area contributed by atoms with E-state index in [1.54, 1.807) is 11.3 Å². The summed E-state index contributed by atoms with van der Waals surface area (Å²) < 4.78 is 0.891. The lowest BCUT2D eigenvalue weighted by Gasteiger charge is -2.24. The van der Waals surface area contributed by atoms with Gasteiger partial charge in [-0.05, 0) is 37.4 Å². The van der Waals surface area contributed by atoms with Crippen LogP contribution in [0.4, 0.5) is 0 Å². The van der Waals surface area contributed by atoms with E-state index in [0.29, 0.717) is 12.0 Å². The first kappa shape index (κ1) is 14.0. The van der Waals surface area contributed by atoms with Gasteiger partial charge in [0.1, 0.15) is 0 Å². The van der Waals surface area contributed by atoms with Crippen LogP contribution in [0.2, 0.25) is 4.34 Å². The van der Waals surface area contributed by atoms with Crippen LogP contribution >= 0.6 is 22.9 Å². The van der Waals surface area contributed by atoms with E-state index in [1.165, 1.54) is 24.1 Å². The molecule has 0 radical (unpaired) electrons. The molecule has 0 aliphatic carbocycles. The predicted molar refractivity (Wildman–Crippen MR) is 74.4 cm³/mol. The molecule has 0 aromatic carbocycles. The third-order valence-electron chi connectivity index (χ3n) is 2.83. The van der Waals surface area contributed by atoms with Crippen molar-refractivity contribution in [1.82, 2.24) is 5.32 Å². The average Bonchev–Trinajstić information content (AvgIpc) is 2.66. The van der Waals surface area contributed by atoms with E-state index in [1.807, 2.05) is 6.07 Å². The second-order valence-electron chi connectivity index (χ2n) is 4.34. The van der Waals surface area contributed by atoms with E-state index in [0.717, 1.165) is 10.9 Å². The molecule has 16 heavy (non-hydrogen) atoms. The van der Waals surface area contributed by atoms with Gasteiger partial charge >= 0.3 is 0 Å². The lowest BCUT2D eigenvalue weighted by atomic mass is 9.95. The van der Waals surface area contributed by atoms with E-state index in [-0.39, 0.29) is 0 Å². The summed E-state index contributed by atoms with van der Waals surface area (Å²) in [6.07, 6.45) is 3.68. The van der Waals surface area contributed by atoms with Gasteiger partial charge in [-0.25, -0.2) is 0 Å². The molecular formula is C13H22ClNS. The van der Waals surface area contributed by atoms with Gasteiger partial charge in [0.25, 0.3) is 0 Å². The highest BCUT2D eigenvalue weighted by molar-refractivity contribution is 7.16. The Kier molecular flexibility index (Phi) is 6.40. The van der Waals surface area contributed by atoms with Crippen molar-refractivity contribution in [3.05, 3.63) is 21.3 Å². The van der Waals surface area contributed by atoms with Crippen LogP contribution in [0, 0.1) is 5.92 Å². The molecule has 0 bridgehead atoms. The number of hydrogen-bond acceptors (Lipinski definition) is 2. The van der Waals surface area contributed by atoms with Crippen molar-refractivity contribution in [2.24, 2.45) is 5.92 Å². The Hall–Kier alpha value is -0.0500. The van der Waals surface area contributed by atoms with Crippen LogP contribution in [-0.4, -0.2) is 6.54 Å². The highest BCUT2D eigenvalue weighted by Crippen LogP contribution is 2.32. The van der Waals surface area contributed by atoms with E-state index in [4.69, 9.17) is 11.6 Å². The van der Waals surface area contributed by atoms with Crippen molar-refractivity contribution >= 4 is 22.9 Å². The SMILES string of the molecule is CCCNC(c1ccc(Cl)s1)C(C)CCC. The zero-order chi connectivity index (χ0) is 12.0. The fourth-order valence-corrected chi connectivity index (χ4v) is 3.27. The van der Waals surface area contributed by atoms with Crippen LogP contribution in [0.25, 0.3) is 0 Å². The zero-order valence-electron chi connectivity index (χ0n) is 10.4. The Morgan fingerprint density at radius 3 is 2.56 bits per heavy atom. The average molecular weight is 260 g/mol. The molecule has 0 aliphatic rings. The van der Waals surface area contributed by atoms with Crippen LogP contribution in [0.1, 0.15) is 51.0 Å². The summed E-state index contributed by atoms with van der Waals surface area (Å²) in [6.45, 7) is 7.85. The Bertz CT molecular complexity index is 298. The number of rotatable bonds is 7. The number of thiophene rings is 1. The van der Waals surface area contributed by atoms with Crippen LogP contribution in [0.15, 0.2) is 12.1 Å². The molecule has 3 heteroatoms. The fourth-order valence-electron chi connectivity index (χ4n) is 2.00. The first-order valence-electron chi connectivity index (χ1n) is 6.17. The van der Waals surface area contributed by atoms with E-state index >= 15 is 0 Å². The molecule has 1 aromatic rings. The molecule has 1 N–H and O–H groups in total. The maximum absolute atomic E-state index is 6.01. The molecule has 92 valence electrons. The second-order valence-corrected chi connectivity index (χ2v) is 6.09. The molecule has 1 heterocycles. The first-order chi connectivity index (χ1) is 7.69. The molecule has 0 spiro atoms. The standard InChI is InChI=1S/C13H22ClNS/c1-4-6-10(3)13(15-9-5-2)11-7-8-12(14)16-11/h7-8,10,13,15H,4-6,9H2,1-3H3. The fraction of sp³-hybridized carbons (Fsp3) is 0.692. The Balaban J connectivity index is 2.69. The summed E-state index contributed by atoms with van der Waals surface area (Å²) in [4.78, 5) is 1.37. The van der Waals surface area contributed by atoms with Gasteiger partial charge in [0.2, 0.25) is 0 Å². The molecule has 1 nitrogen and oxygen atoms in total. The minimum Gasteiger partial charge on any atom is -0.309 e. The molecule has 1 rings (SSSR count). The van der Waals surface area contributed by atoms with Gasteiger partial charge in [-0.15, -0.1) is 11.3 Å². The predicted octanol–water partition coefficient (Wildman–Crippen LogP) is 4.88. The van der Waals surface area contributed by atoms with Crippen molar-refractivity contribution in [2.75, 3.05) is 6.54 Å². The van der Waals surface area contributed by atoms with Gasteiger partial charge in [-0.1, -0.05) is 38.8 Å². The van der Waals surface area contributed by atoms with Crippen molar-refractivity contribution in [3.8, 4) is 0 Å². The quantitative estimate of drug-likeness (QED) is 0.736. The summed E-state index contributed by atoms with van der Waals surface area (Å²) in [7, 11) is 0. The lowest BCUT2D eigenvalue weighted by Crippen LogP contribution is -2.26. The van der Waals surface area contributed by atoms with Crippen molar-refractivity contribution < 1.29 is 0 Å². The number of hydrogen-bond donors (Lipinski definition) is 1. The Morgan fingerprint density at radius 1 is 1.31 bits per heavy atom. The molecule has 0 saturated carbocycles. The third kappa shape index (κ3) is 4.08. The number of halogens is 1. The van der Waals surface area contributed by atoms with Crippen molar-refractivity contribution in [3.63, 3.8) is 0 Å². The van der Waals surface area contributed by atoms with Gasteiger partial charge in [-0.2, -0.15) is 0 Å². The Labute approximate surface area is 108 Å². The van der Waals surface area contributed by atoms with Crippen LogP contribution < -0.4 is 5.32 Å². The van der Waals surface area contributed by atoms with Crippen LogP contribution in [-0.2, 0) is 0 Å². The van der Waals surface area contributed by atoms with Crippen molar-refractivity contribution in [1.29, 1.82) is 0 Å². The van der Waals surface area contributed by atoms with E-state index < -0.39 is 0 Å². The molecule has 0 saturated heterocycles. The molecule has 2 atom stereocenters. The molecule has 2 unspecified atom stereocenters. The van der Waals surface area contributed by atoms with E-state index in [9.17, 15) is 0 Å². The summed E-state index contributed by atoms with van der Waals surface area (Å²) in [5, 5.41) is 3.64. The van der Waals surface area contributed by atoms with Crippen LogP contribution in [0.3, 0.4) is 0 Å². The summed E-state index contributed by atoms with van der Waals surface area (Å²) in [6, 6.07) is 4.63. The van der Waals surface area contributed by atoms with Gasteiger partial charge in [-0.3, -0.25) is 0 Å². The third-order valence-corrected chi connectivity index (χ3v) is 4.14. The molecule has 0 amide bonds. The van der Waals surface area contributed by atoms with Crippen molar-refractivity contribution in [2.45, 2.75) is 46.1 Å². The highest BCUT2D eigenvalue weighted by Gasteiger charge is 2.19. The van der Waals surface area contributed by atoms with Crippen LogP contribution in [0.5, 0.6) is 0 Å². The number of nitrogens with one attached hydrogen (secondary N) is 1. The summed E-state index contributed by atoms with van der Waals surface area (Å²) in [5.41, 5.74) is 0. The zero-order valence-corrected chi connectivity index (χ0v) is 12.0. The topological polar surface area (TPSA) is 12.0 Å². The minimum absolute atomic E-state index is 0.470. The molecule has 0 fully saturated rings. The highest BCUT2D eigenvalue weighted by atomic mass is 35.5. The molecule has 1 aromatic heterocycles. The maximum atomic E-state index is 6.01. The monoisotopic (exact) mass is 259 g/mol.